The van der Waals surface area contributed by atoms with Gasteiger partial charge in [-0.1, -0.05) is 6.92 Å². The molecule has 3 nitrogen and oxygen atoms in total. The Hall–Kier alpha value is -0.570. The second kappa shape index (κ2) is 4.09. The molecule has 0 bridgehead atoms. The maximum Gasteiger partial charge on any atom is 0.221 e. The van der Waals surface area contributed by atoms with E-state index in [0.717, 1.165) is 6.54 Å². The Bertz CT molecular complexity index is 187. The van der Waals surface area contributed by atoms with Gasteiger partial charge in [-0.05, 0) is 25.2 Å². The molecule has 1 rings (SSSR count). The first-order valence-electron chi connectivity index (χ1n) is 5.02. The Kier molecular flexibility index (Phi) is 3.31. The molecular formula is C10H20N2O. The second-order valence-electron chi connectivity index (χ2n) is 4.25. The zero-order valence-electron chi connectivity index (χ0n) is 8.81. The van der Waals surface area contributed by atoms with Crippen LogP contribution < -0.4 is 10.6 Å². The molecule has 0 heterocycles. The zero-order valence-corrected chi connectivity index (χ0v) is 8.81. The van der Waals surface area contributed by atoms with Crippen LogP contribution in [-0.4, -0.2) is 25.5 Å². The second-order valence-corrected chi connectivity index (χ2v) is 4.25. The maximum atomic E-state index is 10.9. The number of carbonyl (C=O) groups is 1. The van der Waals surface area contributed by atoms with E-state index in [0.29, 0.717) is 17.9 Å². The van der Waals surface area contributed by atoms with Crippen LogP contribution in [0.2, 0.25) is 0 Å². The lowest BCUT2D eigenvalue weighted by Gasteiger charge is -2.19. The molecule has 1 unspecified atom stereocenters. The van der Waals surface area contributed by atoms with Gasteiger partial charge >= 0.3 is 0 Å². The summed E-state index contributed by atoms with van der Waals surface area (Å²) in [6, 6.07) is 0.539. The van der Waals surface area contributed by atoms with Crippen LogP contribution in [0.5, 0.6) is 0 Å². The van der Waals surface area contributed by atoms with E-state index in [2.05, 4.69) is 24.5 Å². The lowest BCUT2D eigenvalue weighted by molar-refractivity contribution is -0.120. The first-order chi connectivity index (χ1) is 6.08. The molecule has 0 radical (unpaired) electrons. The van der Waals surface area contributed by atoms with Gasteiger partial charge in [0.2, 0.25) is 5.91 Å². The summed E-state index contributed by atoms with van der Waals surface area (Å²) in [5, 5.41) is 6.00. The molecular weight excluding hydrogens is 164 g/mol. The van der Waals surface area contributed by atoms with Crippen molar-refractivity contribution in [2.24, 2.45) is 5.41 Å². The number of carbonyl (C=O) groups excluding carboxylic acids is 1. The molecule has 0 aromatic heterocycles. The van der Waals surface area contributed by atoms with Gasteiger partial charge in [-0.2, -0.15) is 0 Å². The van der Waals surface area contributed by atoms with Crippen molar-refractivity contribution in [2.45, 2.75) is 39.2 Å². The smallest absolute Gasteiger partial charge is 0.221 e. The van der Waals surface area contributed by atoms with Crippen molar-refractivity contribution in [3.8, 4) is 0 Å². The molecule has 1 aliphatic rings. The largest absolute Gasteiger partial charge is 0.359 e. The lowest BCUT2D eigenvalue weighted by Crippen LogP contribution is -2.35. The third-order valence-electron chi connectivity index (χ3n) is 3.17. The molecule has 1 aliphatic carbocycles. The summed E-state index contributed by atoms with van der Waals surface area (Å²) in [5.41, 5.74) is 0.503. The van der Waals surface area contributed by atoms with Crippen LogP contribution in [0.15, 0.2) is 0 Å². The molecule has 1 amide bonds. The molecule has 76 valence electrons. The summed E-state index contributed by atoms with van der Waals surface area (Å²) >= 11 is 0. The van der Waals surface area contributed by atoms with Crippen LogP contribution in [0, 0.1) is 5.41 Å². The molecule has 0 aromatic carbocycles. The molecule has 1 saturated carbocycles. The first-order valence-corrected chi connectivity index (χ1v) is 5.02. The highest BCUT2D eigenvalue weighted by atomic mass is 16.1. The standard InChI is InChI=1S/C10H20N2O/c1-8(10(2)5-6-10)12-7-4-9(13)11-3/h8,12H,4-7H2,1-3H3,(H,11,13). The topological polar surface area (TPSA) is 41.1 Å². The predicted molar refractivity (Wildman–Crippen MR) is 53.5 cm³/mol. The van der Waals surface area contributed by atoms with Crippen LogP contribution >= 0.6 is 0 Å². The molecule has 0 saturated heterocycles. The summed E-state index contributed by atoms with van der Waals surface area (Å²) in [4.78, 5) is 10.9. The minimum absolute atomic E-state index is 0.112. The number of rotatable bonds is 5. The van der Waals surface area contributed by atoms with Crippen molar-refractivity contribution < 1.29 is 4.79 Å². The Morgan fingerprint density at radius 3 is 2.62 bits per heavy atom. The summed E-state index contributed by atoms with van der Waals surface area (Å²) in [6.07, 6.45) is 3.22. The number of hydrogen-bond acceptors (Lipinski definition) is 2. The van der Waals surface area contributed by atoms with Crippen molar-refractivity contribution in [3.05, 3.63) is 0 Å². The van der Waals surface area contributed by atoms with Gasteiger partial charge in [-0.15, -0.1) is 0 Å². The Morgan fingerprint density at radius 2 is 2.15 bits per heavy atom. The molecule has 3 heteroatoms. The maximum absolute atomic E-state index is 10.9. The van der Waals surface area contributed by atoms with E-state index in [-0.39, 0.29) is 5.91 Å². The van der Waals surface area contributed by atoms with Gasteiger partial charge in [0.1, 0.15) is 0 Å². The highest BCUT2D eigenvalue weighted by molar-refractivity contribution is 5.75. The monoisotopic (exact) mass is 184 g/mol. The number of hydrogen-bond donors (Lipinski definition) is 2. The quantitative estimate of drug-likeness (QED) is 0.666. The summed E-state index contributed by atoms with van der Waals surface area (Å²) in [6.45, 7) is 5.29. The van der Waals surface area contributed by atoms with Gasteiger partial charge in [0.15, 0.2) is 0 Å². The molecule has 1 fully saturated rings. The third-order valence-corrected chi connectivity index (χ3v) is 3.17. The van der Waals surface area contributed by atoms with Crippen molar-refractivity contribution in [3.63, 3.8) is 0 Å². The fourth-order valence-electron chi connectivity index (χ4n) is 1.40. The average molecular weight is 184 g/mol. The Morgan fingerprint density at radius 1 is 1.54 bits per heavy atom. The van der Waals surface area contributed by atoms with Crippen LogP contribution in [0.1, 0.15) is 33.1 Å². The SMILES string of the molecule is CNC(=O)CCNC(C)C1(C)CC1. The molecule has 0 aliphatic heterocycles. The third kappa shape index (κ3) is 2.99. The van der Waals surface area contributed by atoms with E-state index < -0.39 is 0 Å². The van der Waals surface area contributed by atoms with Crippen molar-refractivity contribution in [2.75, 3.05) is 13.6 Å². The van der Waals surface area contributed by atoms with E-state index in [9.17, 15) is 4.79 Å². The Labute approximate surface area is 80.3 Å². The van der Waals surface area contributed by atoms with Gasteiger partial charge in [0.05, 0.1) is 0 Å². The molecule has 13 heavy (non-hydrogen) atoms. The van der Waals surface area contributed by atoms with E-state index in [1.54, 1.807) is 7.05 Å². The summed E-state index contributed by atoms with van der Waals surface area (Å²) < 4.78 is 0. The van der Waals surface area contributed by atoms with E-state index >= 15 is 0 Å². The van der Waals surface area contributed by atoms with E-state index in [4.69, 9.17) is 0 Å². The Balaban J connectivity index is 2.09. The van der Waals surface area contributed by atoms with Crippen LogP contribution in [0.4, 0.5) is 0 Å². The van der Waals surface area contributed by atoms with Crippen LogP contribution in [-0.2, 0) is 4.79 Å². The van der Waals surface area contributed by atoms with Crippen molar-refractivity contribution >= 4 is 5.91 Å². The number of nitrogens with one attached hydrogen (secondary N) is 2. The highest BCUT2D eigenvalue weighted by Crippen LogP contribution is 2.47. The minimum atomic E-state index is 0.112. The lowest BCUT2D eigenvalue weighted by atomic mass is 10.0. The predicted octanol–water partition coefficient (Wildman–Crippen LogP) is 0.901. The molecule has 2 N–H and O–H groups in total. The van der Waals surface area contributed by atoms with Crippen LogP contribution in [0.3, 0.4) is 0 Å². The van der Waals surface area contributed by atoms with Gasteiger partial charge < -0.3 is 10.6 Å². The van der Waals surface area contributed by atoms with Crippen molar-refractivity contribution in [1.82, 2.24) is 10.6 Å². The fraction of sp³-hybridized carbons (Fsp3) is 0.900. The zero-order chi connectivity index (χ0) is 9.90. The van der Waals surface area contributed by atoms with Gasteiger partial charge in [0.25, 0.3) is 0 Å². The summed E-state index contributed by atoms with van der Waals surface area (Å²) in [7, 11) is 1.67. The highest BCUT2D eigenvalue weighted by Gasteiger charge is 2.41. The van der Waals surface area contributed by atoms with E-state index in [1.165, 1.54) is 12.8 Å². The van der Waals surface area contributed by atoms with E-state index in [1.807, 2.05) is 0 Å². The van der Waals surface area contributed by atoms with Gasteiger partial charge in [-0.3, -0.25) is 4.79 Å². The van der Waals surface area contributed by atoms with Crippen LogP contribution in [0.25, 0.3) is 0 Å². The van der Waals surface area contributed by atoms with Crippen molar-refractivity contribution in [1.29, 1.82) is 0 Å². The molecule has 0 aromatic rings. The fourth-order valence-corrected chi connectivity index (χ4v) is 1.40. The average Bonchev–Trinajstić information content (AvgIpc) is 2.84. The summed E-state index contributed by atoms with van der Waals surface area (Å²) in [5.74, 6) is 0.112. The van der Waals surface area contributed by atoms with Gasteiger partial charge in [-0.25, -0.2) is 0 Å². The minimum Gasteiger partial charge on any atom is -0.359 e. The molecule has 1 atom stereocenters. The number of amides is 1. The first kappa shape index (κ1) is 10.5. The van der Waals surface area contributed by atoms with Gasteiger partial charge in [0, 0.05) is 26.1 Å². The molecule has 0 spiro atoms. The normalized spacial score (nSPS) is 20.8.